The number of aliphatic imine (C=N–C) groups is 1. The van der Waals surface area contributed by atoms with E-state index in [1.807, 2.05) is 13.1 Å². The van der Waals surface area contributed by atoms with E-state index in [4.69, 9.17) is 16.3 Å². The van der Waals surface area contributed by atoms with Crippen LogP contribution in [0.3, 0.4) is 0 Å². The molecular formula is C17H25ClIN3OS. The van der Waals surface area contributed by atoms with Gasteiger partial charge in [0.15, 0.2) is 5.96 Å². The molecule has 3 unspecified atom stereocenters. The van der Waals surface area contributed by atoms with Gasteiger partial charge in [-0.05, 0) is 31.4 Å². The zero-order chi connectivity index (χ0) is 16.0. The van der Waals surface area contributed by atoms with E-state index >= 15 is 0 Å². The molecule has 134 valence electrons. The van der Waals surface area contributed by atoms with Crippen molar-refractivity contribution in [3.8, 4) is 0 Å². The molecule has 4 nitrogen and oxygen atoms in total. The van der Waals surface area contributed by atoms with Gasteiger partial charge in [0.05, 0.1) is 17.0 Å². The lowest BCUT2D eigenvalue weighted by molar-refractivity contribution is -0.171. The monoisotopic (exact) mass is 481 g/mol. The predicted octanol–water partition coefficient (Wildman–Crippen LogP) is 3.98. The molecule has 4 rings (SSSR count). The van der Waals surface area contributed by atoms with Crippen LogP contribution < -0.4 is 5.32 Å². The number of guanidine groups is 1. The number of hydrogen-bond donors (Lipinski definition) is 1. The lowest BCUT2D eigenvalue weighted by Crippen LogP contribution is -2.72. The fourth-order valence-electron chi connectivity index (χ4n) is 4.69. The van der Waals surface area contributed by atoms with Gasteiger partial charge in [0.1, 0.15) is 0 Å². The van der Waals surface area contributed by atoms with Crippen molar-refractivity contribution < 1.29 is 4.74 Å². The molecule has 1 aromatic heterocycles. The van der Waals surface area contributed by atoms with E-state index in [2.05, 4.69) is 28.3 Å². The first kappa shape index (κ1) is 18.7. The number of nitrogens with one attached hydrogen (secondary N) is 1. The molecule has 2 heterocycles. The summed E-state index contributed by atoms with van der Waals surface area (Å²) in [6.07, 6.45) is 5.62. The van der Waals surface area contributed by atoms with Crippen LogP contribution in [-0.4, -0.2) is 43.7 Å². The topological polar surface area (TPSA) is 36.9 Å². The number of halogens is 2. The Morgan fingerprint density at radius 3 is 2.88 bits per heavy atom. The first-order valence-electron chi connectivity index (χ1n) is 8.44. The molecule has 7 heteroatoms. The predicted molar refractivity (Wildman–Crippen MR) is 111 cm³/mol. The van der Waals surface area contributed by atoms with Crippen LogP contribution >= 0.6 is 46.9 Å². The zero-order valence-electron chi connectivity index (χ0n) is 14.1. The maximum atomic E-state index is 6.04. The van der Waals surface area contributed by atoms with Gasteiger partial charge >= 0.3 is 0 Å². The second-order valence-electron chi connectivity index (χ2n) is 7.06. The van der Waals surface area contributed by atoms with E-state index in [1.165, 1.54) is 30.6 Å². The maximum Gasteiger partial charge on any atom is 0.193 e. The second kappa shape index (κ2) is 7.29. The van der Waals surface area contributed by atoms with E-state index in [0.29, 0.717) is 23.5 Å². The van der Waals surface area contributed by atoms with Crippen LogP contribution in [0.25, 0.3) is 0 Å². The highest BCUT2D eigenvalue weighted by Gasteiger charge is 2.66. The van der Waals surface area contributed by atoms with Crippen molar-refractivity contribution in [2.45, 2.75) is 44.4 Å². The molecule has 3 atom stereocenters. The highest BCUT2D eigenvalue weighted by Crippen LogP contribution is 2.62. The molecule has 0 aromatic carbocycles. The van der Waals surface area contributed by atoms with Crippen molar-refractivity contribution in [3.05, 3.63) is 21.3 Å². The average molecular weight is 482 g/mol. The van der Waals surface area contributed by atoms with Gasteiger partial charge in [-0.2, -0.15) is 0 Å². The third-order valence-corrected chi connectivity index (χ3v) is 7.13. The normalized spacial score (nSPS) is 30.1. The molecule has 0 amide bonds. The summed E-state index contributed by atoms with van der Waals surface area (Å²) in [6.45, 7) is 1.76. The number of ether oxygens (including phenoxy) is 1. The van der Waals surface area contributed by atoms with E-state index in [0.717, 1.165) is 23.4 Å². The molecular weight excluding hydrogens is 457 g/mol. The molecule has 0 bridgehead atoms. The smallest absolute Gasteiger partial charge is 0.193 e. The quantitative estimate of drug-likeness (QED) is 0.403. The molecule has 3 aliphatic rings. The fourth-order valence-corrected chi connectivity index (χ4v) is 5.83. The molecule has 1 N–H and O–H groups in total. The van der Waals surface area contributed by atoms with E-state index in [1.54, 1.807) is 11.3 Å². The van der Waals surface area contributed by atoms with Crippen molar-refractivity contribution >= 4 is 52.9 Å². The average Bonchev–Trinajstić information content (AvgIpc) is 3.06. The molecule has 1 aromatic rings. The Morgan fingerprint density at radius 1 is 1.50 bits per heavy atom. The summed E-state index contributed by atoms with van der Waals surface area (Å²) in [5.74, 6) is 1.65. The lowest BCUT2D eigenvalue weighted by atomic mass is 9.46. The highest BCUT2D eigenvalue weighted by atomic mass is 127. The Balaban J connectivity index is 0.00000169. The third kappa shape index (κ3) is 2.97. The summed E-state index contributed by atoms with van der Waals surface area (Å²) in [5, 5.41) is 3.76. The molecule has 0 radical (unpaired) electrons. The van der Waals surface area contributed by atoms with Gasteiger partial charge in [-0.25, -0.2) is 0 Å². The van der Waals surface area contributed by atoms with Crippen molar-refractivity contribution in [1.82, 2.24) is 10.2 Å². The Labute approximate surface area is 170 Å². The molecule has 1 saturated heterocycles. The Morgan fingerprint density at radius 2 is 2.29 bits per heavy atom. The minimum Gasteiger partial charge on any atom is -0.377 e. The lowest BCUT2D eigenvalue weighted by Gasteiger charge is -2.63. The summed E-state index contributed by atoms with van der Waals surface area (Å²) in [5.41, 5.74) is 0.379. The van der Waals surface area contributed by atoms with Crippen molar-refractivity contribution in [2.75, 3.05) is 20.7 Å². The number of nitrogens with zero attached hydrogens (tertiary/aromatic N) is 2. The van der Waals surface area contributed by atoms with Crippen LogP contribution in [0.4, 0.5) is 0 Å². The van der Waals surface area contributed by atoms with E-state index < -0.39 is 0 Å². The number of rotatable bonds is 3. The first-order chi connectivity index (χ1) is 11.1. The summed E-state index contributed by atoms with van der Waals surface area (Å²) in [6, 6.07) is 4.58. The van der Waals surface area contributed by atoms with Gasteiger partial charge in [-0.1, -0.05) is 18.0 Å². The number of hydrogen-bond acceptors (Lipinski definition) is 3. The van der Waals surface area contributed by atoms with Gasteiger partial charge < -0.3 is 15.0 Å². The summed E-state index contributed by atoms with van der Waals surface area (Å²) in [4.78, 5) is 7.96. The zero-order valence-corrected chi connectivity index (χ0v) is 18.0. The molecule has 2 aliphatic carbocycles. The summed E-state index contributed by atoms with van der Waals surface area (Å²) < 4.78 is 6.85. The Kier molecular flexibility index (Phi) is 5.69. The van der Waals surface area contributed by atoms with Crippen molar-refractivity contribution in [1.29, 1.82) is 0 Å². The van der Waals surface area contributed by atoms with Gasteiger partial charge in [-0.15, -0.1) is 35.3 Å². The minimum atomic E-state index is 0. The van der Waals surface area contributed by atoms with Crippen LogP contribution in [-0.2, 0) is 11.3 Å². The van der Waals surface area contributed by atoms with E-state index in [9.17, 15) is 0 Å². The molecule has 1 spiro atoms. The molecule has 2 saturated carbocycles. The fraction of sp³-hybridized carbons (Fsp3) is 0.706. The number of thiophene rings is 1. The standard InChI is InChI=1S/C17H24ClN3OS.HI/c1-19-16(21(2)10-11-4-5-13(18)23-11)20-14-12-6-9-22-15(12)17(14)7-3-8-17;/h4-5,12,14-15H,3,6-10H2,1-2H3,(H,19,20);1H. The minimum absolute atomic E-state index is 0. The van der Waals surface area contributed by atoms with Crippen LogP contribution in [0.15, 0.2) is 17.1 Å². The summed E-state index contributed by atoms with van der Waals surface area (Å²) >= 11 is 7.67. The SMILES string of the molecule is CN=C(NC1C2CCOC2C12CCC2)N(C)Cc1ccc(Cl)s1.I. The third-order valence-electron chi connectivity index (χ3n) is 5.92. The van der Waals surface area contributed by atoms with Gasteiger partial charge in [0.2, 0.25) is 0 Å². The molecule has 3 fully saturated rings. The van der Waals surface area contributed by atoms with Crippen molar-refractivity contribution in [2.24, 2.45) is 16.3 Å². The highest BCUT2D eigenvalue weighted by molar-refractivity contribution is 14.0. The van der Waals surface area contributed by atoms with Crippen LogP contribution in [0, 0.1) is 11.3 Å². The first-order valence-corrected chi connectivity index (χ1v) is 9.64. The van der Waals surface area contributed by atoms with Crippen LogP contribution in [0.1, 0.15) is 30.6 Å². The van der Waals surface area contributed by atoms with Gasteiger partial charge in [0, 0.05) is 43.0 Å². The maximum absolute atomic E-state index is 6.04. The van der Waals surface area contributed by atoms with Gasteiger partial charge in [0.25, 0.3) is 0 Å². The Bertz CT molecular complexity index is 619. The van der Waals surface area contributed by atoms with Crippen LogP contribution in [0.5, 0.6) is 0 Å². The van der Waals surface area contributed by atoms with Gasteiger partial charge in [-0.3, -0.25) is 4.99 Å². The second-order valence-corrected chi connectivity index (χ2v) is 8.86. The Hall–Kier alpha value is -0.0500. The van der Waals surface area contributed by atoms with E-state index in [-0.39, 0.29) is 24.0 Å². The summed E-state index contributed by atoms with van der Waals surface area (Å²) in [7, 11) is 3.96. The van der Waals surface area contributed by atoms with Crippen LogP contribution in [0.2, 0.25) is 4.34 Å². The van der Waals surface area contributed by atoms with Crippen molar-refractivity contribution in [3.63, 3.8) is 0 Å². The largest absolute Gasteiger partial charge is 0.377 e. The molecule has 24 heavy (non-hydrogen) atoms. The molecule has 1 aliphatic heterocycles. The number of fused-ring (bicyclic) bond motifs is 2.